The number of carbonyl (C=O) groups is 3. The number of hydrogen-bond donors (Lipinski definition) is 2. The Balaban J connectivity index is 1.47. The predicted octanol–water partition coefficient (Wildman–Crippen LogP) is 3.08. The van der Waals surface area contributed by atoms with E-state index in [4.69, 9.17) is 19.7 Å². The number of amides is 2. The molecule has 1 atom stereocenters. The Morgan fingerprint density at radius 1 is 1.06 bits per heavy atom. The molecule has 172 valence electrons. The molecule has 9 heteroatoms. The van der Waals surface area contributed by atoms with Crippen LogP contribution in [0.2, 0.25) is 0 Å². The van der Waals surface area contributed by atoms with E-state index in [2.05, 4.69) is 10.5 Å². The molecule has 2 amide bonds. The van der Waals surface area contributed by atoms with Gasteiger partial charge in [0.1, 0.15) is 18.1 Å². The lowest BCUT2D eigenvalue weighted by Gasteiger charge is -2.14. The van der Waals surface area contributed by atoms with Gasteiger partial charge < -0.3 is 25.0 Å². The molecule has 0 aliphatic heterocycles. The molecule has 3 rings (SSSR count). The van der Waals surface area contributed by atoms with Gasteiger partial charge in [0.05, 0.1) is 17.7 Å². The summed E-state index contributed by atoms with van der Waals surface area (Å²) in [5.41, 5.74) is 8.38. The van der Waals surface area contributed by atoms with Crippen molar-refractivity contribution in [2.24, 2.45) is 5.73 Å². The lowest BCUT2D eigenvalue weighted by Crippen LogP contribution is -2.30. The highest BCUT2D eigenvalue weighted by Crippen LogP contribution is 2.18. The van der Waals surface area contributed by atoms with E-state index in [-0.39, 0.29) is 6.42 Å². The number of nitrogens with zero attached hydrogens (tertiary/aromatic N) is 1. The summed E-state index contributed by atoms with van der Waals surface area (Å²) in [7, 11) is 0. The second kappa shape index (κ2) is 10.4. The van der Waals surface area contributed by atoms with Crippen molar-refractivity contribution < 1.29 is 28.4 Å². The zero-order valence-electron chi connectivity index (χ0n) is 18.6. The van der Waals surface area contributed by atoms with Crippen molar-refractivity contribution in [3.63, 3.8) is 0 Å². The van der Waals surface area contributed by atoms with Gasteiger partial charge in [0, 0.05) is 11.3 Å². The number of aromatic nitrogens is 1. The zero-order valence-corrected chi connectivity index (χ0v) is 18.6. The van der Waals surface area contributed by atoms with E-state index < -0.39 is 23.9 Å². The molecule has 0 aliphatic carbocycles. The van der Waals surface area contributed by atoms with Gasteiger partial charge in [-0.05, 0) is 62.7 Å². The van der Waals surface area contributed by atoms with Crippen molar-refractivity contribution in [3.8, 4) is 5.75 Å². The van der Waals surface area contributed by atoms with E-state index in [1.807, 2.05) is 13.8 Å². The average Bonchev–Trinajstić information content (AvgIpc) is 3.10. The number of esters is 1. The summed E-state index contributed by atoms with van der Waals surface area (Å²) in [5.74, 6) is -0.227. The molecule has 9 nitrogen and oxygen atoms in total. The number of aryl methyl sites for hydroxylation is 2. The van der Waals surface area contributed by atoms with Crippen LogP contribution in [-0.4, -0.2) is 29.0 Å². The largest absolute Gasteiger partial charge is 0.489 e. The quantitative estimate of drug-likeness (QED) is 0.478. The molecular formula is C24H25N3O6. The number of anilines is 1. The van der Waals surface area contributed by atoms with Crippen LogP contribution in [0, 0.1) is 13.8 Å². The Labute approximate surface area is 190 Å². The van der Waals surface area contributed by atoms with Crippen molar-refractivity contribution >= 4 is 23.5 Å². The summed E-state index contributed by atoms with van der Waals surface area (Å²) in [5, 5.41) is 6.51. The summed E-state index contributed by atoms with van der Waals surface area (Å²) in [4.78, 5) is 35.6. The number of ether oxygens (including phenoxy) is 2. The number of nitrogens with one attached hydrogen (secondary N) is 1. The minimum Gasteiger partial charge on any atom is -0.489 e. The maximum absolute atomic E-state index is 12.3. The molecule has 0 fully saturated rings. The van der Waals surface area contributed by atoms with Gasteiger partial charge in [0.15, 0.2) is 6.10 Å². The van der Waals surface area contributed by atoms with Crippen molar-refractivity contribution in [3.05, 3.63) is 76.7 Å². The van der Waals surface area contributed by atoms with Gasteiger partial charge in [-0.15, -0.1) is 0 Å². The first kappa shape index (κ1) is 23.5. The maximum Gasteiger partial charge on any atom is 0.311 e. The van der Waals surface area contributed by atoms with Crippen LogP contribution in [0.1, 0.15) is 39.9 Å². The van der Waals surface area contributed by atoms with Crippen LogP contribution in [-0.2, 0) is 27.4 Å². The number of nitrogens with two attached hydrogens (primary N) is 1. The molecule has 3 aromatic rings. The summed E-state index contributed by atoms with van der Waals surface area (Å²) in [6.45, 7) is 5.50. The highest BCUT2D eigenvalue weighted by Gasteiger charge is 2.18. The zero-order chi connectivity index (χ0) is 24.0. The van der Waals surface area contributed by atoms with Gasteiger partial charge in [0.2, 0.25) is 5.91 Å². The van der Waals surface area contributed by atoms with Gasteiger partial charge >= 0.3 is 5.97 Å². The second-order valence-electron chi connectivity index (χ2n) is 7.48. The Morgan fingerprint density at radius 2 is 1.73 bits per heavy atom. The van der Waals surface area contributed by atoms with E-state index in [1.165, 1.54) is 19.1 Å². The van der Waals surface area contributed by atoms with Gasteiger partial charge in [-0.2, -0.15) is 0 Å². The topological polar surface area (TPSA) is 134 Å². The van der Waals surface area contributed by atoms with Crippen molar-refractivity contribution in [2.75, 3.05) is 5.32 Å². The van der Waals surface area contributed by atoms with E-state index in [0.29, 0.717) is 29.4 Å². The Kier molecular flexibility index (Phi) is 7.45. The molecule has 0 saturated carbocycles. The molecule has 3 N–H and O–H groups in total. The van der Waals surface area contributed by atoms with E-state index in [1.54, 1.807) is 36.4 Å². The first-order valence-electron chi connectivity index (χ1n) is 10.3. The van der Waals surface area contributed by atoms with Crippen LogP contribution >= 0.6 is 0 Å². The lowest BCUT2D eigenvalue weighted by atomic mass is 10.1. The molecule has 1 aromatic heterocycles. The highest BCUT2D eigenvalue weighted by atomic mass is 16.5. The smallest absolute Gasteiger partial charge is 0.311 e. The van der Waals surface area contributed by atoms with E-state index >= 15 is 0 Å². The fourth-order valence-corrected chi connectivity index (χ4v) is 2.99. The van der Waals surface area contributed by atoms with Gasteiger partial charge in [0.25, 0.3) is 5.91 Å². The molecule has 0 radical (unpaired) electrons. The van der Waals surface area contributed by atoms with Crippen LogP contribution in [0.3, 0.4) is 0 Å². The molecule has 0 saturated heterocycles. The summed E-state index contributed by atoms with van der Waals surface area (Å²) >= 11 is 0. The van der Waals surface area contributed by atoms with Crippen LogP contribution < -0.4 is 15.8 Å². The summed E-state index contributed by atoms with van der Waals surface area (Å²) in [6, 6.07) is 13.1. The molecular weight excluding hydrogens is 426 g/mol. The number of primary amides is 1. The molecule has 0 bridgehead atoms. The number of carbonyl (C=O) groups excluding carboxylic acids is 3. The third kappa shape index (κ3) is 6.42. The molecule has 0 spiro atoms. The standard InChI is InChI=1S/C24H25N3O6/c1-14-21(15(2)33-27-14)13-31-20-10-4-17(5-11-20)12-22(28)32-16(3)24(30)26-19-8-6-18(7-9-19)23(25)29/h4-11,16H,12-13H2,1-3H3,(H2,25,29)(H,26,30). The van der Waals surface area contributed by atoms with Crippen molar-refractivity contribution in [2.45, 2.75) is 39.9 Å². The highest BCUT2D eigenvalue weighted by molar-refractivity contribution is 5.96. The Hall–Kier alpha value is -4.14. The lowest BCUT2D eigenvalue weighted by molar-refractivity contribution is -0.152. The van der Waals surface area contributed by atoms with Gasteiger partial charge in [-0.25, -0.2) is 0 Å². The summed E-state index contributed by atoms with van der Waals surface area (Å²) in [6.07, 6.45) is -0.985. The number of hydrogen-bond acceptors (Lipinski definition) is 7. The molecule has 1 heterocycles. The number of rotatable bonds is 9. The van der Waals surface area contributed by atoms with Crippen LogP contribution in [0.4, 0.5) is 5.69 Å². The third-order valence-electron chi connectivity index (χ3n) is 4.95. The fraction of sp³-hybridized carbons (Fsp3) is 0.250. The molecule has 1 unspecified atom stereocenters. The fourth-order valence-electron chi connectivity index (χ4n) is 2.99. The normalized spacial score (nSPS) is 11.5. The SMILES string of the molecule is Cc1noc(C)c1COc1ccc(CC(=O)OC(C)C(=O)Nc2ccc(C(N)=O)cc2)cc1. The van der Waals surface area contributed by atoms with Crippen molar-refractivity contribution in [1.29, 1.82) is 0 Å². The van der Waals surface area contributed by atoms with Crippen LogP contribution in [0.25, 0.3) is 0 Å². The first-order valence-corrected chi connectivity index (χ1v) is 10.3. The van der Waals surface area contributed by atoms with Crippen LogP contribution in [0.5, 0.6) is 5.75 Å². The van der Waals surface area contributed by atoms with Gasteiger partial charge in [-0.3, -0.25) is 14.4 Å². The van der Waals surface area contributed by atoms with E-state index in [0.717, 1.165) is 16.8 Å². The van der Waals surface area contributed by atoms with Crippen LogP contribution in [0.15, 0.2) is 53.1 Å². The van der Waals surface area contributed by atoms with Gasteiger partial charge in [-0.1, -0.05) is 17.3 Å². The Morgan fingerprint density at radius 3 is 2.30 bits per heavy atom. The maximum atomic E-state index is 12.3. The first-order chi connectivity index (χ1) is 15.7. The molecule has 33 heavy (non-hydrogen) atoms. The average molecular weight is 451 g/mol. The molecule has 2 aromatic carbocycles. The minimum atomic E-state index is -0.994. The second-order valence-corrected chi connectivity index (χ2v) is 7.48. The van der Waals surface area contributed by atoms with E-state index in [9.17, 15) is 14.4 Å². The predicted molar refractivity (Wildman–Crippen MR) is 120 cm³/mol. The van der Waals surface area contributed by atoms with Crippen molar-refractivity contribution in [1.82, 2.24) is 5.16 Å². The summed E-state index contributed by atoms with van der Waals surface area (Å²) < 4.78 is 16.1. The Bertz CT molecular complexity index is 1120. The third-order valence-corrected chi connectivity index (χ3v) is 4.95. The monoisotopic (exact) mass is 451 g/mol. The number of benzene rings is 2. The minimum absolute atomic E-state index is 0.00900. The molecule has 0 aliphatic rings.